The zero-order valence-corrected chi connectivity index (χ0v) is 16.1. The van der Waals surface area contributed by atoms with Gasteiger partial charge in [-0.15, -0.1) is 0 Å². The summed E-state index contributed by atoms with van der Waals surface area (Å²) in [7, 11) is -3.15. The van der Waals surface area contributed by atoms with Gasteiger partial charge in [0.25, 0.3) is 5.91 Å². The Balaban J connectivity index is 2.03. The van der Waals surface area contributed by atoms with Gasteiger partial charge in [-0.1, -0.05) is 30.1 Å². The van der Waals surface area contributed by atoms with E-state index in [4.69, 9.17) is 23.2 Å². The number of carbonyl (C=O) groups excluding carboxylic acids is 2. The number of amides is 2. The first-order valence-electron chi connectivity index (χ1n) is 7.98. The van der Waals surface area contributed by atoms with Crippen LogP contribution in [0.3, 0.4) is 0 Å². The van der Waals surface area contributed by atoms with Gasteiger partial charge in [-0.05, 0) is 31.0 Å². The highest BCUT2D eigenvalue weighted by atomic mass is 35.5. The van der Waals surface area contributed by atoms with E-state index in [0.29, 0.717) is 35.0 Å². The molecule has 6 nitrogen and oxygen atoms in total. The van der Waals surface area contributed by atoms with Crippen molar-refractivity contribution in [1.82, 2.24) is 10.2 Å². The molecule has 0 bridgehead atoms. The third-order valence-electron chi connectivity index (χ3n) is 4.08. The maximum absolute atomic E-state index is 12.7. The molecule has 0 aromatic heterocycles. The van der Waals surface area contributed by atoms with Crippen LogP contribution in [-0.4, -0.2) is 55.8 Å². The molecule has 1 atom stereocenters. The molecule has 9 heteroatoms. The van der Waals surface area contributed by atoms with Crippen LogP contribution < -0.4 is 5.32 Å². The van der Waals surface area contributed by atoms with E-state index in [1.165, 1.54) is 23.1 Å². The Labute approximate surface area is 157 Å². The van der Waals surface area contributed by atoms with E-state index in [-0.39, 0.29) is 29.9 Å². The fourth-order valence-corrected chi connectivity index (χ4v) is 3.95. The Bertz CT molecular complexity index is 747. The predicted molar refractivity (Wildman–Crippen MR) is 97.9 cm³/mol. The quantitative estimate of drug-likeness (QED) is 0.784. The Morgan fingerprint density at radius 1 is 1.24 bits per heavy atom. The Hall–Kier alpha value is -1.31. The molecule has 1 aromatic rings. The number of halogens is 2. The van der Waals surface area contributed by atoms with Crippen LogP contribution in [0.2, 0.25) is 10.0 Å². The largest absolute Gasteiger partial charge is 0.353 e. The van der Waals surface area contributed by atoms with Crippen molar-refractivity contribution in [3.8, 4) is 0 Å². The smallest absolute Gasteiger partial charge is 0.254 e. The summed E-state index contributed by atoms with van der Waals surface area (Å²) in [6, 6.07) is 3.94. The number of nitrogens with one attached hydrogen (secondary N) is 1. The number of hydrogen-bond donors (Lipinski definition) is 1. The first-order chi connectivity index (χ1) is 11.7. The highest BCUT2D eigenvalue weighted by Gasteiger charge is 2.34. The number of nitrogens with zero attached hydrogens (tertiary/aromatic N) is 1. The molecule has 1 fully saturated rings. The van der Waals surface area contributed by atoms with E-state index >= 15 is 0 Å². The minimum atomic E-state index is -3.15. The van der Waals surface area contributed by atoms with Crippen LogP contribution >= 0.6 is 23.2 Å². The van der Waals surface area contributed by atoms with Crippen molar-refractivity contribution in [3.63, 3.8) is 0 Å². The van der Waals surface area contributed by atoms with Crippen molar-refractivity contribution >= 4 is 44.9 Å². The Morgan fingerprint density at radius 3 is 2.48 bits per heavy atom. The van der Waals surface area contributed by atoms with Crippen LogP contribution in [0, 0.1) is 0 Å². The number of hydrogen-bond acceptors (Lipinski definition) is 4. The van der Waals surface area contributed by atoms with E-state index < -0.39 is 15.9 Å². The molecule has 0 saturated carbocycles. The summed E-state index contributed by atoms with van der Waals surface area (Å²) in [6.45, 7) is 2.05. The highest BCUT2D eigenvalue weighted by Crippen LogP contribution is 2.24. The van der Waals surface area contributed by atoms with E-state index in [1.54, 1.807) is 6.92 Å². The molecule has 1 aliphatic heterocycles. The van der Waals surface area contributed by atoms with Crippen LogP contribution in [0.5, 0.6) is 0 Å². The first kappa shape index (κ1) is 20.0. The average Bonchev–Trinajstić information content (AvgIpc) is 3.02. The normalized spacial score (nSPS) is 17.6. The van der Waals surface area contributed by atoms with Crippen LogP contribution in [0.4, 0.5) is 0 Å². The van der Waals surface area contributed by atoms with Crippen LogP contribution in [0.1, 0.15) is 30.1 Å². The van der Waals surface area contributed by atoms with E-state index in [1.807, 2.05) is 0 Å². The van der Waals surface area contributed by atoms with Crippen LogP contribution in [-0.2, 0) is 14.6 Å². The molecule has 1 saturated heterocycles. The van der Waals surface area contributed by atoms with Gasteiger partial charge in [-0.25, -0.2) is 8.42 Å². The summed E-state index contributed by atoms with van der Waals surface area (Å²) in [4.78, 5) is 26.5. The lowest BCUT2D eigenvalue weighted by atomic mass is 10.1. The summed E-state index contributed by atoms with van der Waals surface area (Å²) in [6.07, 6.45) is 1.23. The van der Waals surface area contributed by atoms with E-state index in [9.17, 15) is 18.0 Å². The molecular formula is C16H20Cl2N2O4S. The van der Waals surface area contributed by atoms with Gasteiger partial charge < -0.3 is 10.2 Å². The fourth-order valence-electron chi connectivity index (χ4n) is 2.72. The van der Waals surface area contributed by atoms with Crippen LogP contribution in [0.15, 0.2) is 18.2 Å². The average molecular weight is 407 g/mol. The lowest BCUT2D eigenvalue weighted by Gasteiger charge is -2.24. The number of benzene rings is 1. The summed E-state index contributed by atoms with van der Waals surface area (Å²) < 4.78 is 23.0. The van der Waals surface area contributed by atoms with Gasteiger partial charge in [0, 0.05) is 34.5 Å². The first-order valence-corrected chi connectivity index (χ1v) is 10.6. The van der Waals surface area contributed by atoms with Gasteiger partial charge in [0.1, 0.15) is 6.04 Å². The molecule has 25 heavy (non-hydrogen) atoms. The predicted octanol–water partition coefficient (Wildman–Crippen LogP) is 2.15. The summed E-state index contributed by atoms with van der Waals surface area (Å²) in [5.74, 6) is -0.736. The van der Waals surface area contributed by atoms with Crippen molar-refractivity contribution in [2.45, 2.75) is 25.8 Å². The third-order valence-corrected chi connectivity index (χ3v) is 6.22. The molecule has 1 unspecified atom stereocenters. The van der Waals surface area contributed by atoms with Crippen molar-refractivity contribution in [1.29, 1.82) is 0 Å². The maximum Gasteiger partial charge on any atom is 0.254 e. The topological polar surface area (TPSA) is 83.6 Å². The molecule has 0 spiro atoms. The second-order valence-corrected chi connectivity index (χ2v) is 9.19. The van der Waals surface area contributed by atoms with E-state index in [0.717, 1.165) is 0 Å². The molecule has 2 rings (SSSR count). The molecular weight excluding hydrogens is 387 g/mol. The van der Waals surface area contributed by atoms with Gasteiger partial charge >= 0.3 is 0 Å². The summed E-state index contributed by atoms with van der Waals surface area (Å²) in [5, 5.41) is 3.31. The highest BCUT2D eigenvalue weighted by molar-refractivity contribution is 7.91. The number of likely N-dealkylation sites (tertiary alicyclic amines) is 1. The lowest BCUT2D eigenvalue weighted by Crippen LogP contribution is -2.46. The van der Waals surface area contributed by atoms with Gasteiger partial charge in [0.05, 0.1) is 5.75 Å². The molecule has 1 N–H and O–H groups in total. The molecule has 1 heterocycles. The third kappa shape index (κ3) is 5.33. The summed E-state index contributed by atoms with van der Waals surface area (Å²) in [5.41, 5.74) is 0.325. The maximum atomic E-state index is 12.7. The SMILES string of the molecule is CCS(=O)(=O)CCNC(=O)C1CCCN1C(=O)c1cc(Cl)cc(Cl)c1. The molecule has 0 aliphatic carbocycles. The van der Waals surface area contributed by atoms with Gasteiger partial charge in [0.15, 0.2) is 9.84 Å². The minimum Gasteiger partial charge on any atom is -0.353 e. The number of carbonyl (C=O) groups is 2. The molecule has 138 valence electrons. The molecule has 1 aliphatic rings. The van der Waals surface area contributed by atoms with Gasteiger partial charge in [-0.3, -0.25) is 9.59 Å². The Kier molecular flexibility index (Phi) is 6.71. The van der Waals surface area contributed by atoms with Crippen molar-refractivity contribution in [3.05, 3.63) is 33.8 Å². The van der Waals surface area contributed by atoms with Gasteiger partial charge in [0.2, 0.25) is 5.91 Å². The monoisotopic (exact) mass is 406 g/mol. The van der Waals surface area contributed by atoms with Crippen molar-refractivity contribution < 1.29 is 18.0 Å². The van der Waals surface area contributed by atoms with Crippen molar-refractivity contribution in [2.75, 3.05) is 24.6 Å². The molecule has 1 aromatic carbocycles. The van der Waals surface area contributed by atoms with Gasteiger partial charge in [-0.2, -0.15) is 0 Å². The fraction of sp³-hybridized carbons (Fsp3) is 0.500. The standard InChI is InChI=1S/C16H20Cl2N2O4S/c1-2-25(23,24)7-5-19-15(21)14-4-3-6-20(14)16(22)11-8-12(17)10-13(18)9-11/h8-10,14H,2-7H2,1H3,(H,19,21). The second kappa shape index (κ2) is 8.38. The van der Waals surface area contributed by atoms with Crippen LogP contribution in [0.25, 0.3) is 0 Å². The lowest BCUT2D eigenvalue weighted by molar-refractivity contribution is -0.124. The zero-order valence-electron chi connectivity index (χ0n) is 13.8. The number of rotatable bonds is 6. The number of sulfone groups is 1. The van der Waals surface area contributed by atoms with E-state index in [2.05, 4.69) is 5.32 Å². The molecule has 2 amide bonds. The van der Waals surface area contributed by atoms with Crippen molar-refractivity contribution in [2.24, 2.45) is 0 Å². The minimum absolute atomic E-state index is 0.0342. The molecule has 0 radical (unpaired) electrons. The summed E-state index contributed by atoms with van der Waals surface area (Å²) >= 11 is 11.9. The Morgan fingerprint density at radius 2 is 1.88 bits per heavy atom. The zero-order chi connectivity index (χ0) is 18.6. The second-order valence-electron chi connectivity index (χ2n) is 5.84.